The summed E-state index contributed by atoms with van der Waals surface area (Å²) in [7, 11) is 0. The molecule has 0 saturated carbocycles. The monoisotopic (exact) mass is 684 g/mol. The van der Waals surface area contributed by atoms with Gasteiger partial charge in [-0.25, -0.2) is 0 Å². The normalized spacial score (nSPS) is 16.6. The van der Waals surface area contributed by atoms with E-state index in [9.17, 15) is 0 Å². The molecule has 0 fully saturated rings. The van der Waals surface area contributed by atoms with Crippen LogP contribution in [0.3, 0.4) is 0 Å². The zero-order valence-corrected chi connectivity index (χ0v) is 30.1. The van der Waals surface area contributed by atoms with E-state index >= 15 is 0 Å². The van der Waals surface area contributed by atoms with Gasteiger partial charge in [-0.15, -0.1) is 0 Å². The van der Waals surface area contributed by atoms with Crippen molar-refractivity contribution < 1.29 is 0 Å². The summed E-state index contributed by atoms with van der Waals surface area (Å²) in [5, 5.41) is 8.45. The highest BCUT2D eigenvalue weighted by molar-refractivity contribution is 6.13. The van der Waals surface area contributed by atoms with Crippen LogP contribution in [0.5, 0.6) is 0 Å². The molecule has 0 N–H and O–H groups in total. The maximum atomic E-state index is 2.49. The third-order valence-corrected chi connectivity index (χ3v) is 13.3. The average Bonchev–Trinajstić information content (AvgIpc) is 3.23. The van der Waals surface area contributed by atoms with Crippen LogP contribution in [0.25, 0.3) is 101 Å². The Morgan fingerprint density at radius 1 is 0.315 bits per heavy atom. The van der Waals surface area contributed by atoms with E-state index in [4.69, 9.17) is 0 Å². The van der Waals surface area contributed by atoms with Crippen LogP contribution in [0, 0.1) is 0 Å². The minimum atomic E-state index is 1.00. The summed E-state index contributed by atoms with van der Waals surface area (Å²) < 4.78 is 0. The van der Waals surface area contributed by atoms with Gasteiger partial charge in [0.15, 0.2) is 0 Å². The van der Waals surface area contributed by atoms with Crippen LogP contribution in [0.2, 0.25) is 0 Å². The van der Waals surface area contributed by atoms with Gasteiger partial charge >= 0.3 is 0 Å². The summed E-state index contributed by atoms with van der Waals surface area (Å²) in [6.07, 6.45) is 27.4. The van der Waals surface area contributed by atoms with E-state index < -0.39 is 0 Å². The van der Waals surface area contributed by atoms with Gasteiger partial charge in [0, 0.05) is 0 Å². The topological polar surface area (TPSA) is 0 Å². The molecule has 0 radical (unpaired) electrons. The van der Waals surface area contributed by atoms with Gasteiger partial charge < -0.3 is 0 Å². The van der Waals surface area contributed by atoms with Crippen molar-refractivity contribution in [1.29, 1.82) is 0 Å². The van der Waals surface area contributed by atoms with E-state index in [1.54, 1.807) is 0 Å². The van der Waals surface area contributed by atoms with Gasteiger partial charge in [0.2, 0.25) is 0 Å². The fourth-order valence-electron chi connectivity index (χ4n) is 10.9. The third-order valence-electron chi connectivity index (χ3n) is 13.3. The van der Waals surface area contributed by atoms with Crippen molar-refractivity contribution in [1.82, 2.24) is 0 Å². The molecule has 0 aliphatic heterocycles. The Morgan fingerprint density at radius 3 is 0.981 bits per heavy atom. The molecule has 0 unspecified atom stereocenters. The van der Waals surface area contributed by atoms with Crippen molar-refractivity contribution in [2.45, 2.75) is 38.5 Å². The smallest absolute Gasteiger partial charge is 0.00611 e. The maximum Gasteiger partial charge on any atom is -0.00611 e. The zero-order chi connectivity index (χ0) is 35.1. The molecule has 0 nitrogen and oxygen atoms in total. The summed E-state index contributed by atoms with van der Waals surface area (Å²) in [6, 6.07) is 36.1. The van der Waals surface area contributed by atoms with Crippen LogP contribution in [0.1, 0.15) is 69.3 Å². The molecule has 54 heavy (non-hydrogen) atoms. The minimum absolute atomic E-state index is 1.00. The molecule has 7 aromatic rings. The van der Waals surface area contributed by atoms with Crippen molar-refractivity contribution >= 4 is 67.3 Å². The summed E-state index contributed by atoms with van der Waals surface area (Å²) in [6.45, 7) is 0. The van der Waals surface area contributed by atoms with Crippen molar-refractivity contribution in [3.8, 4) is 33.4 Å². The SMILES string of the molecule is C1=Cc2ccc3c(-c4cc(-c5ccc6c7c8c(ccc57)C=CCC8=CC6)cc(-c5ccc6c7c8c(ccc57)C=CCC8=CC6)c4)ccc4c3c2C(=CC4)C1. The Morgan fingerprint density at radius 2 is 0.648 bits per heavy atom. The van der Waals surface area contributed by atoms with E-state index in [1.807, 2.05) is 0 Å². The highest BCUT2D eigenvalue weighted by atomic mass is 14.3. The molecule has 252 valence electrons. The standard InChI is InChI=1S/C54H36/c1-4-31-10-13-37-16-22-43(46-25-19-34(7-1)49(31)52(37)46)40-28-41(44-23-17-38-14-11-32-5-2-8-35-20-26-47(44)53(38)50(32)35)30-42(29-40)45-24-18-39-15-12-33-6-3-9-36-21-27-48(45)54(39)51(33)36/h1-3,7-12,16-30H,4-6,13-15H2. The van der Waals surface area contributed by atoms with Gasteiger partial charge in [-0.3, -0.25) is 0 Å². The number of hydrogen-bond acceptors (Lipinski definition) is 0. The van der Waals surface area contributed by atoms with Crippen molar-refractivity contribution in [3.63, 3.8) is 0 Å². The van der Waals surface area contributed by atoms with Crippen LogP contribution >= 0.6 is 0 Å². The van der Waals surface area contributed by atoms with Crippen LogP contribution < -0.4 is 0 Å². The Hall–Kier alpha value is -6.24. The van der Waals surface area contributed by atoms with Crippen molar-refractivity contribution in [2.24, 2.45) is 0 Å². The Kier molecular flexibility index (Phi) is 5.78. The second-order valence-corrected chi connectivity index (χ2v) is 16.1. The highest BCUT2D eigenvalue weighted by Crippen LogP contribution is 2.49. The molecule has 13 rings (SSSR count). The molecule has 7 aromatic carbocycles. The lowest BCUT2D eigenvalue weighted by Gasteiger charge is -2.26. The van der Waals surface area contributed by atoms with Gasteiger partial charge in [0.1, 0.15) is 0 Å². The maximum absolute atomic E-state index is 2.49. The molecular weight excluding hydrogens is 649 g/mol. The fraction of sp³-hybridized carbons (Fsp3) is 0.111. The molecule has 0 heteroatoms. The number of rotatable bonds is 3. The predicted molar refractivity (Wildman–Crippen MR) is 231 cm³/mol. The number of allylic oxidation sites excluding steroid dienone is 9. The largest absolute Gasteiger partial charge is 0.0795 e. The second-order valence-electron chi connectivity index (χ2n) is 16.1. The lowest BCUT2D eigenvalue weighted by molar-refractivity contribution is 1.23. The molecule has 0 atom stereocenters. The quantitative estimate of drug-likeness (QED) is 0.174. The molecule has 6 aliphatic rings. The summed E-state index contributed by atoms with van der Waals surface area (Å²) in [5.74, 6) is 0. The zero-order valence-electron chi connectivity index (χ0n) is 30.1. The third kappa shape index (κ3) is 3.93. The molecule has 0 spiro atoms. The van der Waals surface area contributed by atoms with E-state index in [0.717, 1.165) is 38.5 Å². The van der Waals surface area contributed by atoms with Crippen LogP contribution in [0.15, 0.2) is 127 Å². The van der Waals surface area contributed by atoms with E-state index in [-0.39, 0.29) is 0 Å². The predicted octanol–water partition coefficient (Wildman–Crippen LogP) is 14.2. The van der Waals surface area contributed by atoms with Gasteiger partial charge in [-0.2, -0.15) is 0 Å². The lowest BCUT2D eigenvalue weighted by Crippen LogP contribution is -2.04. The lowest BCUT2D eigenvalue weighted by atomic mass is 9.78. The molecule has 0 aromatic heterocycles. The first-order chi connectivity index (χ1) is 26.7. The van der Waals surface area contributed by atoms with Gasteiger partial charge in [0.25, 0.3) is 0 Å². The average molecular weight is 685 g/mol. The van der Waals surface area contributed by atoms with E-state index in [0.29, 0.717) is 0 Å². The van der Waals surface area contributed by atoms with E-state index in [1.165, 1.54) is 132 Å². The fourth-order valence-corrected chi connectivity index (χ4v) is 10.9. The van der Waals surface area contributed by atoms with Gasteiger partial charge in [-0.1, -0.05) is 127 Å². The van der Waals surface area contributed by atoms with Crippen molar-refractivity contribution in [3.05, 3.63) is 178 Å². The minimum Gasteiger partial charge on any atom is -0.0795 e. The first-order valence-electron chi connectivity index (χ1n) is 19.7. The summed E-state index contributed by atoms with van der Waals surface area (Å²) in [4.78, 5) is 0. The number of hydrogen-bond donors (Lipinski definition) is 0. The van der Waals surface area contributed by atoms with Crippen LogP contribution in [-0.4, -0.2) is 0 Å². The number of benzene rings is 7. The van der Waals surface area contributed by atoms with Gasteiger partial charge in [-0.05, 0) is 189 Å². The second kappa shape index (κ2) is 10.7. The molecule has 0 bridgehead atoms. The summed E-state index contributed by atoms with van der Waals surface area (Å²) >= 11 is 0. The molecular formula is C54H36. The van der Waals surface area contributed by atoms with Crippen LogP contribution in [0.4, 0.5) is 0 Å². The van der Waals surface area contributed by atoms with E-state index in [2.05, 4.69) is 146 Å². The van der Waals surface area contributed by atoms with Gasteiger partial charge in [0.05, 0.1) is 0 Å². The Balaban J connectivity index is 1.11. The van der Waals surface area contributed by atoms with Crippen LogP contribution in [-0.2, 0) is 19.3 Å². The molecule has 0 amide bonds. The molecule has 6 aliphatic carbocycles. The molecule has 0 saturated heterocycles. The Bertz CT molecular complexity index is 2780. The highest BCUT2D eigenvalue weighted by Gasteiger charge is 2.25. The first-order valence-corrected chi connectivity index (χ1v) is 19.7. The van der Waals surface area contributed by atoms with Crippen molar-refractivity contribution in [2.75, 3.05) is 0 Å². The first kappa shape index (κ1) is 29.2. The summed E-state index contributed by atoms with van der Waals surface area (Å²) in [5.41, 5.74) is 25.0. The molecule has 0 heterocycles. The Labute approximate surface area is 315 Å².